The van der Waals surface area contributed by atoms with Gasteiger partial charge in [-0.25, -0.2) is 4.98 Å². The number of carbonyl (C=O) groups excluding carboxylic acids is 2. The predicted molar refractivity (Wildman–Crippen MR) is 109 cm³/mol. The van der Waals surface area contributed by atoms with E-state index in [1.165, 1.54) is 22.2 Å². The van der Waals surface area contributed by atoms with Gasteiger partial charge in [-0.2, -0.15) is 0 Å². The maximum absolute atomic E-state index is 12.4. The largest absolute Gasteiger partial charge is 0.350 e. The number of aryl methyl sites for hydroxylation is 2. The number of aromatic nitrogens is 2. The number of rotatable bonds is 6. The molecule has 0 saturated heterocycles. The number of amides is 2. The fourth-order valence-electron chi connectivity index (χ4n) is 2.65. The SMILES string of the molecule is Cc1ccc(-n2ccnc2SCC(=O)N(C)CC(=O)NC(C)(C)C)c(C)c1. The molecule has 1 N–H and O–H groups in total. The molecule has 0 aliphatic carbocycles. The zero-order valence-corrected chi connectivity index (χ0v) is 17.7. The molecule has 1 aromatic heterocycles. The van der Waals surface area contributed by atoms with Crippen molar-refractivity contribution in [3.63, 3.8) is 0 Å². The van der Waals surface area contributed by atoms with Gasteiger partial charge < -0.3 is 10.2 Å². The van der Waals surface area contributed by atoms with E-state index in [-0.39, 0.29) is 29.7 Å². The van der Waals surface area contributed by atoms with Crippen LogP contribution in [0.25, 0.3) is 5.69 Å². The standard InChI is InChI=1S/C20H28N4O2S/c1-14-7-8-16(15(2)11-14)24-10-9-21-19(24)27-13-18(26)23(6)12-17(25)22-20(3,4)5/h7-11H,12-13H2,1-6H3,(H,22,25). The second-order valence-electron chi connectivity index (χ2n) is 7.71. The van der Waals surface area contributed by atoms with Gasteiger partial charge in [-0.3, -0.25) is 14.2 Å². The molecule has 1 heterocycles. The van der Waals surface area contributed by atoms with E-state index in [0.29, 0.717) is 0 Å². The van der Waals surface area contributed by atoms with Crippen molar-refractivity contribution in [1.82, 2.24) is 19.8 Å². The van der Waals surface area contributed by atoms with Gasteiger partial charge in [0.15, 0.2) is 5.16 Å². The monoisotopic (exact) mass is 388 g/mol. The van der Waals surface area contributed by atoms with Crippen LogP contribution in [0.1, 0.15) is 31.9 Å². The van der Waals surface area contributed by atoms with E-state index in [1.54, 1.807) is 13.2 Å². The summed E-state index contributed by atoms with van der Waals surface area (Å²) >= 11 is 1.37. The van der Waals surface area contributed by atoms with Crippen molar-refractivity contribution < 1.29 is 9.59 Å². The van der Waals surface area contributed by atoms with Crippen LogP contribution in [-0.4, -0.2) is 51.1 Å². The fraction of sp³-hybridized carbons (Fsp3) is 0.450. The molecule has 0 unspecified atom stereocenters. The van der Waals surface area contributed by atoms with Crippen molar-refractivity contribution >= 4 is 23.6 Å². The van der Waals surface area contributed by atoms with Crippen LogP contribution in [0, 0.1) is 13.8 Å². The van der Waals surface area contributed by atoms with Gasteiger partial charge in [0.1, 0.15) is 0 Å². The minimum Gasteiger partial charge on any atom is -0.350 e. The first-order chi connectivity index (χ1) is 12.6. The zero-order valence-electron chi connectivity index (χ0n) is 16.9. The molecule has 0 radical (unpaired) electrons. The lowest BCUT2D eigenvalue weighted by molar-refractivity contribution is -0.133. The second-order valence-corrected chi connectivity index (χ2v) is 8.65. The molecule has 2 aromatic rings. The molecule has 0 aliphatic heterocycles. The quantitative estimate of drug-likeness (QED) is 0.773. The predicted octanol–water partition coefficient (Wildman–Crippen LogP) is 2.95. The van der Waals surface area contributed by atoms with E-state index < -0.39 is 0 Å². The molecule has 6 nitrogen and oxygen atoms in total. The highest BCUT2D eigenvalue weighted by Crippen LogP contribution is 2.23. The summed E-state index contributed by atoms with van der Waals surface area (Å²) in [6, 6.07) is 6.24. The van der Waals surface area contributed by atoms with Crippen molar-refractivity contribution in [3.8, 4) is 5.69 Å². The number of hydrogen-bond donors (Lipinski definition) is 1. The first kappa shape index (κ1) is 21.0. The van der Waals surface area contributed by atoms with E-state index in [4.69, 9.17) is 0 Å². The van der Waals surface area contributed by atoms with Crippen LogP contribution in [0.2, 0.25) is 0 Å². The van der Waals surface area contributed by atoms with E-state index in [2.05, 4.69) is 42.3 Å². The van der Waals surface area contributed by atoms with E-state index >= 15 is 0 Å². The van der Waals surface area contributed by atoms with Crippen molar-refractivity contribution in [2.75, 3.05) is 19.3 Å². The van der Waals surface area contributed by atoms with Gasteiger partial charge in [-0.15, -0.1) is 0 Å². The number of hydrogen-bond acceptors (Lipinski definition) is 4. The number of benzene rings is 1. The van der Waals surface area contributed by atoms with Gasteiger partial charge in [-0.05, 0) is 46.2 Å². The molecule has 0 atom stereocenters. The lowest BCUT2D eigenvalue weighted by atomic mass is 10.1. The summed E-state index contributed by atoms with van der Waals surface area (Å²) in [4.78, 5) is 30.2. The average Bonchev–Trinajstić information content (AvgIpc) is 2.98. The lowest BCUT2D eigenvalue weighted by Gasteiger charge is -2.23. The maximum atomic E-state index is 12.4. The molecular formula is C20H28N4O2S. The summed E-state index contributed by atoms with van der Waals surface area (Å²) in [6.07, 6.45) is 3.62. The molecule has 1 aromatic carbocycles. The lowest BCUT2D eigenvalue weighted by Crippen LogP contribution is -2.46. The molecule has 27 heavy (non-hydrogen) atoms. The number of thioether (sulfide) groups is 1. The Morgan fingerprint density at radius 1 is 1.26 bits per heavy atom. The minimum absolute atomic E-state index is 0.0438. The van der Waals surface area contributed by atoms with Crippen LogP contribution in [0.5, 0.6) is 0 Å². The summed E-state index contributed by atoms with van der Waals surface area (Å²) in [5, 5.41) is 3.61. The van der Waals surface area contributed by atoms with Crippen LogP contribution < -0.4 is 5.32 Å². The summed E-state index contributed by atoms with van der Waals surface area (Å²) in [6.45, 7) is 9.90. The molecular weight excluding hydrogens is 360 g/mol. The third-order valence-corrected chi connectivity index (χ3v) is 4.82. The molecule has 0 aliphatic rings. The Labute approximate surface area is 165 Å². The van der Waals surface area contributed by atoms with Crippen LogP contribution in [0.15, 0.2) is 35.7 Å². The van der Waals surface area contributed by atoms with Gasteiger partial charge in [0.05, 0.1) is 18.0 Å². The third kappa shape index (κ3) is 6.13. The van der Waals surface area contributed by atoms with E-state index in [1.807, 2.05) is 31.5 Å². The first-order valence-corrected chi connectivity index (χ1v) is 9.84. The number of nitrogens with one attached hydrogen (secondary N) is 1. The summed E-state index contributed by atoms with van der Waals surface area (Å²) in [5.41, 5.74) is 3.09. The highest BCUT2D eigenvalue weighted by molar-refractivity contribution is 7.99. The molecule has 0 fully saturated rings. The topological polar surface area (TPSA) is 67.2 Å². The van der Waals surface area contributed by atoms with E-state index in [9.17, 15) is 9.59 Å². The summed E-state index contributed by atoms with van der Waals surface area (Å²) in [7, 11) is 1.64. The Morgan fingerprint density at radius 3 is 2.59 bits per heavy atom. The van der Waals surface area contributed by atoms with Crippen LogP contribution >= 0.6 is 11.8 Å². The van der Waals surface area contributed by atoms with Gasteiger partial charge >= 0.3 is 0 Å². The Balaban J connectivity index is 1.98. The molecule has 0 spiro atoms. The summed E-state index contributed by atoms with van der Waals surface area (Å²) in [5.74, 6) is -0.0549. The van der Waals surface area contributed by atoms with Gasteiger partial charge in [0.2, 0.25) is 11.8 Å². The Morgan fingerprint density at radius 2 is 1.96 bits per heavy atom. The van der Waals surface area contributed by atoms with Crippen LogP contribution in [0.4, 0.5) is 0 Å². The molecule has 146 valence electrons. The Bertz CT molecular complexity index is 824. The molecule has 2 amide bonds. The normalized spacial score (nSPS) is 11.3. The maximum Gasteiger partial charge on any atom is 0.240 e. The first-order valence-electron chi connectivity index (χ1n) is 8.85. The molecule has 0 saturated carbocycles. The Hall–Kier alpha value is -2.28. The Kier molecular flexibility index (Phi) is 6.70. The average molecular weight is 389 g/mol. The fourth-order valence-corrected chi connectivity index (χ4v) is 3.56. The van der Waals surface area contributed by atoms with Crippen molar-refractivity contribution in [2.45, 2.75) is 45.3 Å². The van der Waals surface area contributed by atoms with Gasteiger partial charge in [0, 0.05) is 25.0 Å². The third-order valence-electron chi connectivity index (χ3n) is 3.86. The van der Waals surface area contributed by atoms with Crippen molar-refractivity contribution in [1.29, 1.82) is 0 Å². The highest BCUT2D eigenvalue weighted by atomic mass is 32.2. The van der Waals surface area contributed by atoms with Gasteiger partial charge in [0.25, 0.3) is 0 Å². The summed E-state index contributed by atoms with van der Waals surface area (Å²) < 4.78 is 1.99. The van der Waals surface area contributed by atoms with Crippen molar-refractivity contribution in [2.24, 2.45) is 0 Å². The second kappa shape index (κ2) is 8.61. The smallest absolute Gasteiger partial charge is 0.240 e. The number of likely N-dealkylation sites (N-methyl/N-ethyl adjacent to an activating group) is 1. The number of imidazole rings is 1. The van der Waals surface area contributed by atoms with Crippen molar-refractivity contribution in [3.05, 3.63) is 41.7 Å². The van der Waals surface area contributed by atoms with Crippen LogP contribution in [0.3, 0.4) is 0 Å². The number of nitrogens with zero attached hydrogens (tertiary/aromatic N) is 3. The van der Waals surface area contributed by atoms with Gasteiger partial charge in [-0.1, -0.05) is 29.5 Å². The minimum atomic E-state index is -0.313. The molecule has 0 bridgehead atoms. The van der Waals surface area contributed by atoms with E-state index in [0.717, 1.165) is 16.4 Å². The molecule has 2 rings (SSSR count). The highest BCUT2D eigenvalue weighted by Gasteiger charge is 2.18. The van der Waals surface area contributed by atoms with Crippen LogP contribution in [-0.2, 0) is 9.59 Å². The molecule has 7 heteroatoms. The number of carbonyl (C=O) groups is 2. The zero-order chi connectivity index (χ0) is 20.2.